The number of halogens is 6. The standard InChI is InChI=1S/C17H21F6NO3S/c1-15(2,3)28(25)24-14(17(21,22)23)12-7-6-11(10-13(12)26-4)27-9-5-8-16(18,19)20/h6-7,10H,5,8-9H2,1-4H3. The molecule has 0 aliphatic heterocycles. The van der Waals surface area contributed by atoms with Gasteiger partial charge in [-0.05, 0) is 39.3 Å². The number of hydrogen-bond donors (Lipinski definition) is 0. The third-order valence-electron chi connectivity index (χ3n) is 3.27. The number of alkyl halides is 6. The summed E-state index contributed by atoms with van der Waals surface area (Å²) < 4.78 is 101. The summed E-state index contributed by atoms with van der Waals surface area (Å²) in [4.78, 5) is 0. The number of ether oxygens (including phenoxy) is 2. The summed E-state index contributed by atoms with van der Waals surface area (Å²) in [7, 11) is 1.13. The van der Waals surface area contributed by atoms with Crippen LogP contribution in [0.5, 0.6) is 11.5 Å². The number of methoxy groups -OCH3 is 1. The van der Waals surface area contributed by atoms with Gasteiger partial charge in [0.05, 0.1) is 19.3 Å². The normalized spacial score (nSPS) is 14.8. The molecule has 0 saturated carbocycles. The zero-order chi connectivity index (χ0) is 21.8. The van der Waals surface area contributed by atoms with E-state index < -0.39 is 46.2 Å². The van der Waals surface area contributed by atoms with Gasteiger partial charge in [-0.2, -0.15) is 26.3 Å². The van der Waals surface area contributed by atoms with E-state index in [4.69, 9.17) is 9.47 Å². The summed E-state index contributed by atoms with van der Waals surface area (Å²) in [5.74, 6) is -0.212. The van der Waals surface area contributed by atoms with Crippen LogP contribution in [-0.4, -0.2) is 41.1 Å². The third-order valence-corrected chi connectivity index (χ3v) is 4.66. The first-order valence-corrected chi connectivity index (χ1v) is 9.21. The molecule has 0 amide bonds. The molecule has 0 aliphatic carbocycles. The molecule has 0 aromatic heterocycles. The maximum atomic E-state index is 13.5. The molecule has 0 N–H and O–H groups in total. The highest BCUT2D eigenvalue weighted by molar-refractivity contribution is 7.91. The molecule has 1 rings (SSSR count). The molecule has 1 aromatic rings. The predicted octanol–water partition coefficient (Wildman–Crippen LogP) is 5.23. The Morgan fingerprint density at radius 1 is 1.11 bits per heavy atom. The molecule has 0 radical (unpaired) electrons. The van der Waals surface area contributed by atoms with E-state index in [0.717, 1.165) is 25.3 Å². The van der Waals surface area contributed by atoms with Crippen molar-refractivity contribution >= 4 is 17.1 Å². The Hall–Kier alpha value is -1.62. The summed E-state index contributed by atoms with van der Waals surface area (Å²) in [6.45, 7) is 4.18. The van der Waals surface area contributed by atoms with Gasteiger partial charge in [0.2, 0.25) is 5.71 Å². The SMILES string of the molecule is COc1cc(OCCCC(F)(F)F)ccc1C(=N[S+]([O-])C(C)(C)C)C(F)(F)F. The van der Waals surface area contributed by atoms with Gasteiger partial charge >= 0.3 is 12.4 Å². The first kappa shape index (κ1) is 24.4. The maximum absolute atomic E-state index is 13.5. The smallest absolute Gasteiger partial charge is 0.438 e. The molecule has 0 bridgehead atoms. The predicted molar refractivity (Wildman–Crippen MR) is 94.3 cm³/mol. The minimum absolute atomic E-state index is 0.0428. The van der Waals surface area contributed by atoms with E-state index >= 15 is 0 Å². The highest BCUT2D eigenvalue weighted by Gasteiger charge is 2.42. The van der Waals surface area contributed by atoms with E-state index in [1.165, 1.54) is 20.8 Å². The van der Waals surface area contributed by atoms with Crippen molar-refractivity contribution in [3.05, 3.63) is 23.8 Å². The fourth-order valence-corrected chi connectivity index (χ4v) is 2.53. The molecule has 28 heavy (non-hydrogen) atoms. The Morgan fingerprint density at radius 3 is 2.18 bits per heavy atom. The highest BCUT2D eigenvalue weighted by atomic mass is 32.2. The van der Waals surface area contributed by atoms with Crippen LogP contribution >= 0.6 is 0 Å². The lowest BCUT2D eigenvalue weighted by atomic mass is 10.1. The lowest BCUT2D eigenvalue weighted by molar-refractivity contribution is -0.136. The van der Waals surface area contributed by atoms with E-state index in [1.807, 2.05) is 0 Å². The number of benzene rings is 1. The van der Waals surface area contributed by atoms with E-state index in [9.17, 15) is 30.9 Å². The number of hydrogen-bond acceptors (Lipinski definition) is 4. The Bertz CT molecular complexity index is 683. The third kappa shape index (κ3) is 7.78. The van der Waals surface area contributed by atoms with E-state index in [-0.39, 0.29) is 24.5 Å². The maximum Gasteiger partial charge on any atom is 0.438 e. The Kier molecular flexibility index (Phi) is 8.07. The molecule has 0 heterocycles. The molecule has 0 aliphatic rings. The van der Waals surface area contributed by atoms with Crippen molar-refractivity contribution in [2.24, 2.45) is 4.40 Å². The molecular weight excluding hydrogens is 412 g/mol. The lowest BCUT2D eigenvalue weighted by Crippen LogP contribution is -2.31. The summed E-state index contributed by atoms with van der Waals surface area (Å²) in [6, 6.07) is 3.29. The molecule has 0 saturated heterocycles. The van der Waals surface area contributed by atoms with Gasteiger partial charge in [-0.1, -0.05) is 4.40 Å². The minimum atomic E-state index is -4.90. The van der Waals surface area contributed by atoms with Gasteiger partial charge < -0.3 is 14.0 Å². The van der Waals surface area contributed by atoms with Gasteiger partial charge in [0.25, 0.3) is 0 Å². The van der Waals surface area contributed by atoms with Crippen LogP contribution in [0.4, 0.5) is 26.3 Å². The first-order chi connectivity index (χ1) is 12.6. The topological polar surface area (TPSA) is 53.9 Å². The fraction of sp³-hybridized carbons (Fsp3) is 0.588. The van der Waals surface area contributed by atoms with E-state index in [0.29, 0.717) is 0 Å². The van der Waals surface area contributed by atoms with Crippen molar-refractivity contribution in [2.75, 3.05) is 13.7 Å². The minimum Gasteiger partial charge on any atom is -0.591 e. The van der Waals surface area contributed by atoms with Crippen molar-refractivity contribution in [3.8, 4) is 11.5 Å². The summed E-state index contributed by atoms with van der Waals surface area (Å²) in [6.07, 6.45) is -10.5. The van der Waals surface area contributed by atoms with Gasteiger partial charge in [-0.15, -0.1) is 0 Å². The van der Waals surface area contributed by atoms with Crippen LogP contribution in [0.25, 0.3) is 0 Å². The molecule has 0 fully saturated rings. The summed E-state index contributed by atoms with van der Waals surface area (Å²) in [5, 5.41) is 0. The largest absolute Gasteiger partial charge is 0.591 e. The van der Waals surface area contributed by atoms with Crippen LogP contribution in [-0.2, 0) is 11.4 Å². The molecule has 1 aromatic carbocycles. The zero-order valence-corrected chi connectivity index (χ0v) is 16.5. The molecule has 160 valence electrons. The van der Waals surface area contributed by atoms with Crippen molar-refractivity contribution in [3.63, 3.8) is 0 Å². The molecule has 1 atom stereocenters. The lowest BCUT2D eigenvalue weighted by Gasteiger charge is -2.21. The van der Waals surface area contributed by atoms with Crippen LogP contribution in [0.15, 0.2) is 22.6 Å². The van der Waals surface area contributed by atoms with Gasteiger partial charge in [-0.3, -0.25) is 0 Å². The quantitative estimate of drug-likeness (QED) is 0.256. The highest BCUT2D eigenvalue weighted by Crippen LogP contribution is 2.33. The second kappa shape index (κ2) is 9.25. The first-order valence-electron chi connectivity index (χ1n) is 8.11. The fourth-order valence-electron chi connectivity index (χ4n) is 1.89. The van der Waals surface area contributed by atoms with Crippen LogP contribution < -0.4 is 9.47 Å². The average molecular weight is 433 g/mol. The second-order valence-electron chi connectivity index (χ2n) is 6.73. The van der Waals surface area contributed by atoms with Crippen LogP contribution in [0.2, 0.25) is 0 Å². The molecule has 11 heteroatoms. The monoisotopic (exact) mass is 433 g/mol. The van der Waals surface area contributed by atoms with Gasteiger partial charge in [0.1, 0.15) is 27.6 Å². The van der Waals surface area contributed by atoms with Gasteiger partial charge in [0, 0.05) is 12.5 Å². The molecule has 0 spiro atoms. The summed E-state index contributed by atoms with van der Waals surface area (Å²) in [5.41, 5.74) is -1.82. The summed E-state index contributed by atoms with van der Waals surface area (Å²) >= 11 is -2.17. The second-order valence-corrected chi connectivity index (χ2v) is 8.63. The average Bonchev–Trinajstić information content (AvgIpc) is 2.53. The van der Waals surface area contributed by atoms with Crippen LogP contribution in [0.1, 0.15) is 39.2 Å². The van der Waals surface area contributed by atoms with Crippen molar-refractivity contribution < 1.29 is 40.4 Å². The van der Waals surface area contributed by atoms with Crippen LogP contribution in [0, 0.1) is 0 Å². The van der Waals surface area contributed by atoms with Gasteiger partial charge in [0.15, 0.2) is 0 Å². The van der Waals surface area contributed by atoms with Crippen molar-refractivity contribution in [1.82, 2.24) is 0 Å². The van der Waals surface area contributed by atoms with Gasteiger partial charge in [-0.25, -0.2) is 0 Å². The van der Waals surface area contributed by atoms with Crippen molar-refractivity contribution in [1.29, 1.82) is 0 Å². The molecule has 4 nitrogen and oxygen atoms in total. The molecule has 1 unspecified atom stereocenters. The Morgan fingerprint density at radius 2 is 1.71 bits per heavy atom. The van der Waals surface area contributed by atoms with Crippen molar-refractivity contribution in [2.45, 2.75) is 50.7 Å². The van der Waals surface area contributed by atoms with E-state index in [1.54, 1.807) is 0 Å². The zero-order valence-electron chi connectivity index (χ0n) is 15.7. The van der Waals surface area contributed by atoms with Crippen LogP contribution in [0.3, 0.4) is 0 Å². The Balaban J connectivity index is 3.12. The molecular formula is C17H21F6NO3S. The number of nitrogens with zero attached hydrogens (tertiary/aromatic N) is 1. The Labute approximate surface area is 162 Å². The van der Waals surface area contributed by atoms with E-state index in [2.05, 4.69) is 4.40 Å². The number of rotatable bonds is 7.